The normalized spacial score (nSPS) is 11.4. The molecule has 0 saturated carbocycles. The van der Waals surface area contributed by atoms with E-state index >= 15 is 0 Å². The van der Waals surface area contributed by atoms with Crippen LogP contribution < -0.4 is 0 Å². The number of nitrogens with zero attached hydrogens (tertiary/aromatic N) is 6. The van der Waals surface area contributed by atoms with Gasteiger partial charge in [-0.15, -0.1) is 16.8 Å². The predicted octanol–water partition coefficient (Wildman–Crippen LogP) is 11.0. The Labute approximate surface area is 313 Å². The molecule has 0 N–H and O–H groups in total. The SMILES string of the molecule is C=C(C)C.C=C(C)C(=O)OC.CCC(C)(CCC(C)(C)C)C(=O)OC.CCCCCCCCn1ccnn1.CCCCCCCCn1ccnn1. The first kappa shape index (κ1) is 52.1. The second-order valence-corrected chi connectivity index (χ2v) is 14.8. The number of unbranched alkanes of at least 4 members (excludes halogenated alkanes) is 10. The standard InChI is InChI=1S/C12H24O2.2C10H19N3.C5H8O2.C4H8/c1-7-12(5,10(13)14-6)9-8-11(2,3)4;2*1-2-3-4-5-6-7-9-13-10-8-11-12-13;1-4(2)5(6)7-3;1-4(2)3/h7-9H2,1-6H3;2*8,10H,2-7,9H2,1H3;1H2,2-3H3;1H2,2-3H3. The van der Waals surface area contributed by atoms with Gasteiger partial charge in [0.05, 0.1) is 32.0 Å². The van der Waals surface area contributed by atoms with Crippen LogP contribution in [-0.2, 0) is 32.2 Å². The molecule has 51 heavy (non-hydrogen) atoms. The number of hydrogen-bond acceptors (Lipinski definition) is 8. The summed E-state index contributed by atoms with van der Waals surface area (Å²) in [5.74, 6) is -0.427. The predicted molar refractivity (Wildman–Crippen MR) is 213 cm³/mol. The second kappa shape index (κ2) is 33.8. The van der Waals surface area contributed by atoms with Crippen molar-refractivity contribution in [3.8, 4) is 0 Å². The zero-order valence-corrected chi connectivity index (χ0v) is 35.1. The van der Waals surface area contributed by atoms with Crippen LogP contribution in [0.15, 0.2) is 49.1 Å². The monoisotopic (exact) mass is 719 g/mol. The van der Waals surface area contributed by atoms with Crippen molar-refractivity contribution >= 4 is 11.9 Å². The van der Waals surface area contributed by atoms with Crippen molar-refractivity contribution in [2.45, 2.75) is 179 Å². The molecule has 2 heterocycles. The highest BCUT2D eigenvalue weighted by atomic mass is 16.5. The molecule has 2 aromatic heterocycles. The van der Waals surface area contributed by atoms with E-state index in [0.717, 1.165) is 32.4 Å². The van der Waals surface area contributed by atoms with Crippen LogP contribution >= 0.6 is 0 Å². The van der Waals surface area contributed by atoms with Crippen LogP contribution in [0.3, 0.4) is 0 Å². The summed E-state index contributed by atoms with van der Waals surface area (Å²) in [6, 6.07) is 0. The first-order chi connectivity index (χ1) is 24.0. The lowest BCUT2D eigenvalue weighted by molar-refractivity contribution is -0.152. The summed E-state index contributed by atoms with van der Waals surface area (Å²) in [4.78, 5) is 21.7. The summed E-state index contributed by atoms with van der Waals surface area (Å²) in [5.41, 5.74) is 1.58. The van der Waals surface area contributed by atoms with E-state index in [1.165, 1.54) is 96.8 Å². The molecule has 0 amide bonds. The van der Waals surface area contributed by atoms with E-state index in [-0.39, 0.29) is 22.8 Å². The van der Waals surface area contributed by atoms with Crippen molar-refractivity contribution in [3.63, 3.8) is 0 Å². The molecule has 1 unspecified atom stereocenters. The maximum atomic E-state index is 11.6. The molecule has 0 aliphatic heterocycles. The van der Waals surface area contributed by atoms with Gasteiger partial charge in [0.1, 0.15) is 0 Å². The summed E-state index contributed by atoms with van der Waals surface area (Å²) in [6.07, 6.45) is 26.1. The van der Waals surface area contributed by atoms with E-state index in [0.29, 0.717) is 5.57 Å². The fourth-order valence-corrected chi connectivity index (χ4v) is 4.31. The number of ether oxygens (including phenoxy) is 2. The van der Waals surface area contributed by atoms with Crippen molar-refractivity contribution in [3.05, 3.63) is 49.1 Å². The van der Waals surface area contributed by atoms with Crippen LogP contribution in [0.25, 0.3) is 0 Å². The number of carbonyl (C=O) groups is 2. The van der Waals surface area contributed by atoms with E-state index < -0.39 is 0 Å². The van der Waals surface area contributed by atoms with E-state index in [1.807, 2.05) is 49.5 Å². The Morgan fingerprint density at radius 3 is 1.29 bits per heavy atom. The highest BCUT2D eigenvalue weighted by Gasteiger charge is 2.33. The summed E-state index contributed by atoms with van der Waals surface area (Å²) >= 11 is 0. The Hall–Kier alpha value is -3.30. The molecule has 10 heteroatoms. The molecule has 0 aliphatic carbocycles. The van der Waals surface area contributed by atoms with Crippen molar-refractivity contribution in [1.82, 2.24) is 30.0 Å². The largest absolute Gasteiger partial charge is 0.469 e. The molecule has 0 saturated heterocycles. The Balaban J connectivity index is -0.000000593. The molecule has 296 valence electrons. The lowest BCUT2D eigenvalue weighted by Gasteiger charge is -2.28. The molecule has 0 bridgehead atoms. The minimum absolute atomic E-state index is 0.0794. The molecule has 0 spiro atoms. The topological polar surface area (TPSA) is 114 Å². The summed E-state index contributed by atoms with van der Waals surface area (Å²) in [7, 11) is 2.80. The molecule has 0 aliphatic rings. The Kier molecular flexibility index (Phi) is 34.5. The van der Waals surface area contributed by atoms with Crippen molar-refractivity contribution in [2.75, 3.05) is 14.2 Å². The summed E-state index contributed by atoms with van der Waals surface area (Å²) in [5, 5.41) is 15.4. The number of aromatic nitrogens is 6. The van der Waals surface area contributed by atoms with Crippen LogP contribution in [0, 0.1) is 10.8 Å². The number of allylic oxidation sites excluding steroid dienone is 1. The Bertz CT molecular complexity index is 1040. The van der Waals surface area contributed by atoms with Crippen LogP contribution in [0.4, 0.5) is 0 Å². The lowest BCUT2D eigenvalue weighted by Crippen LogP contribution is -2.29. The second-order valence-electron chi connectivity index (χ2n) is 14.8. The molecular formula is C41H78N6O4. The molecule has 2 rings (SSSR count). The van der Waals surface area contributed by atoms with Gasteiger partial charge in [-0.2, -0.15) is 0 Å². The van der Waals surface area contributed by atoms with Gasteiger partial charge >= 0.3 is 11.9 Å². The molecule has 10 nitrogen and oxygen atoms in total. The zero-order valence-electron chi connectivity index (χ0n) is 35.1. The van der Waals surface area contributed by atoms with Gasteiger partial charge in [-0.3, -0.25) is 14.2 Å². The molecule has 1 atom stereocenters. The molecule has 2 aromatic rings. The zero-order chi connectivity index (χ0) is 39.6. The number of rotatable bonds is 19. The average Bonchev–Trinajstić information content (AvgIpc) is 3.81. The van der Waals surface area contributed by atoms with Crippen molar-refractivity contribution in [2.24, 2.45) is 10.8 Å². The maximum absolute atomic E-state index is 11.6. The van der Waals surface area contributed by atoms with Gasteiger partial charge in [0.25, 0.3) is 0 Å². The fourth-order valence-electron chi connectivity index (χ4n) is 4.31. The van der Waals surface area contributed by atoms with Gasteiger partial charge in [-0.1, -0.05) is 128 Å². The first-order valence-electron chi connectivity index (χ1n) is 19.2. The number of methoxy groups -OCH3 is 2. The van der Waals surface area contributed by atoms with E-state index in [1.54, 1.807) is 19.3 Å². The van der Waals surface area contributed by atoms with Crippen molar-refractivity contribution < 1.29 is 19.1 Å². The van der Waals surface area contributed by atoms with Crippen LogP contribution in [0.5, 0.6) is 0 Å². The van der Waals surface area contributed by atoms with Crippen LogP contribution in [0.2, 0.25) is 0 Å². The molecular weight excluding hydrogens is 640 g/mol. The smallest absolute Gasteiger partial charge is 0.332 e. The van der Waals surface area contributed by atoms with Gasteiger partial charge in [-0.05, 0) is 65.2 Å². The number of hydrogen-bond donors (Lipinski definition) is 0. The van der Waals surface area contributed by atoms with Gasteiger partial charge < -0.3 is 9.47 Å². The molecule has 0 fully saturated rings. The number of aryl methyl sites for hydroxylation is 2. The third-order valence-electron chi connectivity index (χ3n) is 7.84. The summed E-state index contributed by atoms with van der Waals surface area (Å²) in [6.45, 7) is 29.6. The Morgan fingerprint density at radius 2 is 1.04 bits per heavy atom. The fraction of sp³-hybridized carbons (Fsp3) is 0.756. The highest BCUT2D eigenvalue weighted by Crippen LogP contribution is 2.34. The van der Waals surface area contributed by atoms with E-state index in [2.05, 4.69) is 73.1 Å². The third-order valence-corrected chi connectivity index (χ3v) is 7.84. The minimum atomic E-state index is -0.347. The third kappa shape index (κ3) is 36.3. The number of carbonyl (C=O) groups excluding carboxylic acids is 2. The first-order valence-corrected chi connectivity index (χ1v) is 19.2. The Morgan fingerprint density at radius 1 is 0.647 bits per heavy atom. The van der Waals surface area contributed by atoms with E-state index in [4.69, 9.17) is 4.74 Å². The van der Waals surface area contributed by atoms with Crippen LogP contribution in [0.1, 0.15) is 166 Å². The quantitative estimate of drug-likeness (QED) is 0.0610. The average molecular weight is 719 g/mol. The van der Waals surface area contributed by atoms with Crippen LogP contribution in [-0.4, -0.2) is 56.1 Å². The van der Waals surface area contributed by atoms with Gasteiger partial charge in [0, 0.05) is 31.1 Å². The van der Waals surface area contributed by atoms with Crippen molar-refractivity contribution in [1.29, 1.82) is 0 Å². The lowest BCUT2D eigenvalue weighted by atomic mass is 9.77. The molecule has 0 aromatic carbocycles. The van der Waals surface area contributed by atoms with E-state index in [9.17, 15) is 9.59 Å². The highest BCUT2D eigenvalue weighted by molar-refractivity contribution is 5.86. The van der Waals surface area contributed by atoms with Gasteiger partial charge in [0.15, 0.2) is 0 Å². The summed E-state index contributed by atoms with van der Waals surface area (Å²) < 4.78 is 12.9. The molecule has 0 radical (unpaired) electrons. The number of esters is 2. The van der Waals surface area contributed by atoms with Gasteiger partial charge in [-0.25, -0.2) is 4.79 Å². The maximum Gasteiger partial charge on any atom is 0.332 e. The minimum Gasteiger partial charge on any atom is -0.469 e. The van der Waals surface area contributed by atoms with Gasteiger partial charge in [0.2, 0.25) is 0 Å².